The number of benzene rings is 8. The number of hydrogen-bond donors (Lipinski definition) is 0. The summed E-state index contributed by atoms with van der Waals surface area (Å²) in [5, 5.41) is 15.0. The second-order valence-corrected chi connectivity index (χ2v) is 12.1. The fourth-order valence-corrected chi connectivity index (χ4v) is 7.94. The molecular formula is C42H23NO. The van der Waals surface area contributed by atoms with E-state index < -0.39 is 0 Å². The number of hydrogen-bond acceptors (Lipinski definition) is 1. The van der Waals surface area contributed by atoms with Crippen LogP contribution in [0.1, 0.15) is 0 Å². The molecular weight excluding hydrogens is 534 g/mol. The molecule has 3 aromatic heterocycles. The fraction of sp³-hybridized carbons (Fsp3) is 0. The SMILES string of the molecule is c1ccc2c(c1)cc(-c1ccc3cc4c(cc3c1)oc1c3cc5ccccc5c5c6ccccc6n(c41)c35)c1ccccc12. The first kappa shape index (κ1) is 22.7. The molecule has 3 heterocycles. The third-order valence-electron chi connectivity index (χ3n) is 9.83. The van der Waals surface area contributed by atoms with Gasteiger partial charge in [-0.05, 0) is 90.6 Å². The van der Waals surface area contributed by atoms with Crippen LogP contribution < -0.4 is 0 Å². The molecule has 0 N–H and O–H groups in total. The van der Waals surface area contributed by atoms with E-state index in [0.29, 0.717) is 0 Å². The summed E-state index contributed by atoms with van der Waals surface area (Å²) in [4.78, 5) is 0. The minimum absolute atomic E-state index is 0.924. The molecule has 8 aromatic carbocycles. The summed E-state index contributed by atoms with van der Waals surface area (Å²) in [5.41, 5.74) is 7.99. The average Bonchev–Trinajstić information content (AvgIpc) is 3.71. The number of fused-ring (bicyclic) bond motifs is 14. The van der Waals surface area contributed by atoms with Gasteiger partial charge in [0.05, 0.1) is 11.0 Å². The Morgan fingerprint density at radius 2 is 1.09 bits per heavy atom. The van der Waals surface area contributed by atoms with Crippen molar-refractivity contribution in [1.29, 1.82) is 0 Å². The van der Waals surface area contributed by atoms with Gasteiger partial charge in [-0.25, -0.2) is 0 Å². The van der Waals surface area contributed by atoms with Crippen LogP contribution in [-0.4, -0.2) is 4.40 Å². The zero-order valence-electron chi connectivity index (χ0n) is 23.6. The zero-order chi connectivity index (χ0) is 28.5. The van der Waals surface area contributed by atoms with Crippen LogP contribution >= 0.6 is 0 Å². The predicted octanol–water partition coefficient (Wildman–Crippen LogP) is 11.9. The second-order valence-electron chi connectivity index (χ2n) is 12.1. The molecule has 0 fully saturated rings. The number of nitrogens with zero attached hydrogens (tertiary/aromatic N) is 1. The predicted molar refractivity (Wildman–Crippen MR) is 186 cm³/mol. The summed E-state index contributed by atoms with van der Waals surface area (Å²) in [7, 11) is 0. The van der Waals surface area contributed by atoms with Gasteiger partial charge in [0.25, 0.3) is 0 Å². The van der Waals surface area contributed by atoms with Gasteiger partial charge in [0.1, 0.15) is 11.1 Å². The minimum atomic E-state index is 0.924. The quantitative estimate of drug-likeness (QED) is 0.184. The smallest absolute Gasteiger partial charge is 0.161 e. The van der Waals surface area contributed by atoms with Crippen LogP contribution in [0.4, 0.5) is 0 Å². The first-order valence-electron chi connectivity index (χ1n) is 15.2. The highest BCUT2D eigenvalue weighted by molar-refractivity contribution is 6.33. The number of aromatic nitrogens is 1. The summed E-state index contributed by atoms with van der Waals surface area (Å²) in [6.45, 7) is 0. The van der Waals surface area contributed by atoms with E-state index in [-0.39, 0.29) is 0 Å². The molecule has 44 heavy (non-hydrogen) atoms. The molecule has 0 amide bonds. The summed E-state index contributed by atoms with van der Waals surface area (Å²) >= 11 is 0. The number of furan rings is 1. The highest BCUT2D eigenvalue weighted by Crippen LogP contribution is 2.46. The Hall–Kier alpha value is -5.86. The Kier molecular flexibility index (Phi) is 4.10. The summed E-state index contributed by atoms with van der Waals surface area (Å²) < 4.78 is 9.24. The Morgan fingerprint density at radius 1 is 0.409 bits per heavy atom. The molecule has 0 aliphatic rings. The van der Waals surface area contributed by atoms with Gasteiger partial charge in [0.15, 0.2) is 5.58 Å². The van der Waals surface area contributed by atoms with Gasteiger partial charge in [-0.3, -0.25) is 0 Å². The van der Waals surface area contributed by atoms with Crippen LogP contribution in [0.5, 0.6) is 0 Å². The molecule has 11 aromatic rings. The van der Waals surface area contributed by atoms with E-state index in [1.165, 1.54) is 81.4 Å². The maximum Gasteiger partial charge on any atom is 0.161 e. The Balaban J connectivity index is 1.22. The monoisotopic (exact) mass is 557 g/mol. The maximum absolute atomic E-state index is 6.80. The first-order chi connectivity index (χ1) is 21.8. The summed E-state index contributed by atoms with van der Waals surface area (Å²) in [6.07, 6.45) is 0. The van der Waals surface area contributed by atoms with Crippen LogP contribution in [0, 0.1) is 0 Å². The standard InChI is InChI=1S/C42H23NO/c1-3-11-29-25(9-1)21-34(32-14-6-5-13-31(29)32)27-18-17-24-20-35-38(23-28(24)19-27)44-42-36-22-26-10-2-4-12-30(26)39-33-15-7-8-16-37(33)43(40(36)39)41(35)42/h1-23H. The lowest BCUT2D eigenvalue weighted by atomic mass is 9.92. The minimum Gasteiger partial charge on any atom is -0.454 e. The largest absolute Gasteiger partial charge is 0.454 e. The van der Waals surface area contributed by atoms with Crippen molar-refractivity contribution < 1.29 is 4.42 Å². The normalized spacial score (nSPS) is 12.5. The van der Waals surface area contributed by atoms with Crippen LogP contribution in [0.15, 0.2) is 144 Å². The third-order valence-corrected chi connectivity index (χ3v) is 9.83. The van der Waals surface area contributed by atoms with Crippen molar-refractivity contribution in [1.82, 2.24) is 4.40 Å². The first-order valence-corrected chi connectivity index (χ1v) is 15.2. The molecule has 0 saturated heterocycles. The lowest BCUT2D eigenvalue weighted by Crippen LogP contribution is -1.85. The van der Waals surface area contributed by atoms with Gasteiger partial charge >= 0.3 is 0 Å². The Morgan fingerprint density at radius 3 is 1.95 bits per heavy atom. The molecule has 0 spiro atoms. The topological polar surface area (TPSA) is 17.6 Å². The van der Waals surface area contributed by atoms with E-state index in [9.17, 15) is 0 Å². The molecule has 0 aliphatic heterocycles. The molecule has 0 atom stereocenters. The van der Waals surface area contributed by atoms with E-state index in [1.54, 1.807) is 0 Å². The van der Waals surface area contributed by atoms with Gasteiger partial charge in [-0.2, -0.15) is 0 Å². The van der Waals surface area contributed by atoms with Crippen LogP contribution in [-0.2, 0) is 0 Å². The molecule has 0 aliphatic carbocycles. The van der Waals surface area contributed by atoms with Gasteiger partial charge in [-0.15, -0.1) is 0 Å². The van der Waals surface area contributed by atoms with E-state index >= 15 is 0 Å². The van der Waals surface area contributed by atoms with E-state index in [0.717, 1.165) is 22.1 Å². The Bertz CT molecular complexity index is 2990. The molecule has 2 heteroatoms. The highest BCUT2D eigenvalue weighted by Gasteiger charge is 2.24. The molecule has 0 radical (unpaired) electrons. The van der Waals surface area contributed by atoms with Gasteiger partial charge in [-0.1, -0.05) is 103 Å². The molecule has 202 valence electrons. The van der Waals surface area contributed by atoms with Gasteiger partial charge in [0.2, 0.25) is 0 Å². The van der Waals surface area contributed by atoms with Crippen molar-refractivity contribution in [3.05, 3.63) is 140 Å². The van der Waals surface area contributed by atoms with Crippen molar-refractivity contribution in [2.75, 3.05) is 0 Å². The highest BCUT2D eigenvalue weighted by atomic mass is 16.3. The van der Waals surface area contributed by atoms with Crippen molar-refractivity contribution in [3.8, 4) is 11.1 Å². The zero-order valence-corrected chi connectivity index (χ0v) is 23.6. The third kappa shape index (κ3) is 2.76. The summed E-state index contributed by atoms with van der Waals surface area (Å²) in [6, 6.07) is 51.0. The lowest BCUT2D eigenvalue weighted by Gasteiger charge is -2.12. The van der Waals surface area contributed by atoms with Gasteiger partial charge in [0, 0.05) is 21.5 Å². The van der Waals surface area contributed by atoms with E-state index in [2.05, 4.69) is 144 Å². The van der Waals surface area contributed by atoms with E-state index in [4.69, 9.17) is 4.42 Å². The van der Waals surface area contributed by atoms with Gasteiger partial charge < -0.3 is 8.82 Å². The lowest BCUT2D eigenvalue weighted by molar-refractivity contribution is 0.673. The average molecular weight is 558 g/mol. The van der Waals surface area contributed by atoms with Crippen molar-refractivity contribution >= 4 is 92.4 Å². The molecule has 11 rings (SSSR count). The van der Waals surface area contributed by atoms with E-state index in [1.807, 2.05) is 0 Å². The second kappa shape index (κ2) is 7.94. The van der Waals surface area contributed by atoms with Crippen LogP contribution in [0.25, 0.3) is 103 Å². The van der Waals surface area contributed by atoms with Crippen LogP contribution in [0.2, 0.25) is 0 Å². The molecule has 0 bridgehead atoms. The Labute approximate surface area is 251 Å². The molecule has 0 saturated carbocycles. The van der Waals surface area contributed by atoms with Crippen LogP contribution in [0.3, 0.4) is 0 Å². The van der Waals surface area contributed by atoms with Crippen molar-refractivity contribution in [2.24, 2.45) is 0 Å². The number of para-hydroxylation sites is 1. The fourth-order valence-electron chi connectivity index (χ4n) is 7.94. The maximum atomic E-state index is 6.80. The molecule has 0 unspecified atom stereocenters. The van der Waals surface area contributed by atoms with Crippen molar-refractivity contribution in [2.45, 2.75) is 0 Å². The molecule has 2 nitrogen and oxygen atoms in total. The van der Waals surface area contributed by atoms with Crippen molar-refractivity contribution in [3.63, 3.8) is 0 Å². The number of rotatable bonds is 1. The summed E-state index contributed by atoms with van der Waals surface area (Å²) in [5.74, 6) is 0.